The third kappa shape index (κ3) is 5.29. The zero-order valence-corrected chi connectivity index (χ0v) is 18.9. The fourth-order valence-electron chi connectivity index (χ4n) is 3.70. The van der Waals surface area contributed by atoms with Crippen LogP contribution in [0.4, 0.5) is 0 Å². The van der Waals surface area contributed by atoms with E-state index in [1.165, 1.54) is 0 Å². The van der Waals surface area contributed by atoms with Crippen molar-refractivity contribution in [1.82, 2.24) is 0 Å². The Morgan fingerprint density at radius 2 is 1.73 bits per heavy atom. The van der Waals surface area contributed by atoms with E-state index in [0.717, 1.165) is 52.6 Å². The van der Waals surface area contributed by atoms with Crippen LogP contribution in [0.5, 0.6) is 11.5 Å². The molecule has 2 atom stereocenters. The molecule has 3 aromatic rings. The Morgan fingerprint density at radius 1 is 1.00 bits per heavy atom. The Hall–Kier alpha value is -2.64. The summed E-state index contributed by atoms with van der Waals surface area (Å²) in [6, 6.07) is 24.1. The van der Waals surface area contributed by atoms with Gasteiger partial charge in [-0.2, -0.15) is 0 Å². The predicted molar refractivity (Wildman–Crippen MR) is 126 cm³/mol. The van der Waals surface area contributed by atoms with Crippen molar-refractivity contribution in [2.75, 3.05) is 7.11 Å². The number of ether oxygens (including phenoxy) is 2. The Morgan fingerprint density at radius 3 is 2.43 bits per heavy atom. The molecule has 0 aromatic heterocycles. The highest BCUT2D eigenvalue weighted by molar-refractivity contribution is 7.48. The third-order valence-electron chi connectivity index (χ3n) is 5.27. The number of rotatable bonds is 10. The molecule has 0 N–H and O–H groups in total. The van der Waals surface area contributed by atoms with Crippen molar-refractivity contribution < 1.29 is 14.3 Å². The van der Waals surface area contributed by atoms with Gasteiger partial charge >= 0.3 is 0 Å². The molecule has 0 aliphatic rings. The smallest absolute Gasteiger partial charge is 0.150 e. The van der Waals surface area contributed by atoms with Crippen LogP contribution in [0.15, 0.2) is 72.8 Å². The first-order chi connectivity index (χ1) is 14.6. The highest BCUT2D eigenvalue weighted by Gasteiger charge is 2.31. The van der Waals surface area contributed by atoms with Gasteiger partial charge in [-0.05, 0) is 35.5 Å². The van der Waals surface area contributed by atoms with Gasteiger partial charge in [0.2, 0.25) is 0 Å². The van der Waals surface area contributed by atoms with E-state index < -0.39 is 0 Å². The maximum absolute atomic E-state index is 11.6. The van der Waals surface area contributed by atoms with Gasteiger partial charge in [0.1, 0.15) is 18.1 Å². The second-order valence-corrected chi connectivity index (χ2v) is 9.44. The van der Waals surface area contributed by atoms with Crippen molar-refractivity contribution in [2.24, 2.45) is 0 Å². The molecule has 3 rings (SSSR count). The van der Waals surface area contributed by atoms with Gasteiger partial charge in [-0.15, -0.1) is 0 Å². The second kappa shape index (κ2) is 10.4. The molecule has 156 valence electrons. The average molecular weight is 420 g/mol. The molecule has 0 aliphatic heterocycles. The molecule has 0 radical (unpaired) electrons. The Bertz CT molecular complexity index is 971. The summed E-state index contributed by atoms with van der Waals surface area (Å²) >= 11 is 0. The summed E-state index contributed by atoms with van der Waals surface area (Å²) in [6.45, 7) is 4.97. The lowest BCUT2D eigenvalue weighted by atomic mass is 9.94. The standard InChI is InChI=1S/C26H29O3P/c1-4-16-26(2,30-25-13-9-8-12-21(25)18-27)23-17-22(28-3)14-15-24(23)29-19-20-10-6-5-7-11-20/h5-15,17-18,30H,4,16,19H2,1-3H3. The first-order valence-electron chi connectivity index (χ1n) is 10.3. The topological polar surface area (TPSA) is 35.5 Å². The Labute approximate surface area is 181 Å². The molecule has 0 saturated heterocycles. The molecule has 2 unspecified atom stereocenters. The van der Waals surface area contributed by atoms with Crippen molar-refractivity contribution in [1.29, 1.82) is 0 Å². The minimum atomic E-state index is -0.172. The van der Waals surface area contributed by atoms with Crippen molar-refractivity contribution >= 4 is 20.2 Å². The summed E-state index contributed by atoms with van der Waals surface area (Å²) in [5.41, 5.74) is 3.01. The molecule has 0 spiro atoms. The zero-order chi connectivity index (χ0) is 21.4. The number of benzene rings is 3. The Kier molecular flexibility index (Phi) is 7.65. The summed E-state index contributed by atoms with van der Waals surface area (Å²) in [7, 11) is 2.12. The molecule has 4 heteroatoms. The fraction of sp³-hybridized carbons (Fsp3) is 0.269. The van der Waals surface area contributed by atoms with Crippen LogP contribution in [-0.4, -0.2) is 13.4 Å². The van der Waals surface area contributed by atoms with E-state index >= 15 is 0 Å². The monoisotopic (exact) mass is 420 g/mol. The van der Waals surface area contributed by atoms with Crippen LogP contribution in [0, 0.1) is 0 Å². The minimum absolute atomic E-state index is 0.172. The van der Waals surface area contributed by atoms with Gasteiger partial charge in [0, 0.05) is 16.3 Å². The van der Waals surface area contributed by atoms with Gasteiger partial charge in [0.25, 0.3) is 0 Å². The summed E-state index contributed by atoms with van der Waals surface area (Å²) < 4.78 is 11.8. The SMILES string of the molecule is CCCC(C)(Pc1ccccc1C=O)c1cc(OC)ccc1OCc1ccccc1. The van der Waals surface area contributed by atoms with Crippen LogP contribution >= 0.6 is 8.58 Å². The van der Waals surface area contributed by atoms with E-state index in [-0.39, 0.29) is 5.16 Å². The molecule has 3 aromatic carbocycles. The molecule has 3 nitrogen and oxygen atoms in total. The number of aldehydes is 1. The van der Waals surface area contributed by atoms with Crippen LogP contribution in [-0.2, 0) is 11.8 Å². The molecule has 30 heavy (non-hydrogen) atoms. The zero-order valence-electron chi connectivity index (χ0n) is 17.9. The number of hydrogen-bond acceptors (Lipinski definition) is 3. The number of methoxy groups -OCH3 is 1. The van der Waals surface area contributed by atoms with Crippen LogP contribution in [0.3, 0.4) is 0 Å². The first-order valence-corrected chi connectivity index (χ1v) is 11.3. The second-order valence-electron chi connectivity index (χ2n) is 7.55. The summed E-state index contributed by atoms with van der Waals surface area (Å²) in [5.74, 6) is 1.68. The van der Waals surface area contributed by atoms with E-state index in [0.29, 0.717) is 15.2 Å². The molecule has 0 amide bonds. The number of carbonyl (C=O) groups is 1. The summed E-state index contributed by atoms with van der Waals surface area (Å²) in [5, 5.41) is 0.911. The normalized spacial score (nSPS) is 13.2. The molecule has 0 saturated carbocycles. The van der Waals surface area contributed by atoms with E-state index in [1.54, 1.807) is 7.11 Å². The fourth-order valence-corrected chi connectivity index (χ4v) is 5.47. The van der Waals surface area contributed by atoms with Crippen molar-refractivity contribution in [3.8, 4) is 11.5 Å². The first kappa shape index (κ1) is 22.1. The van der Waals surface area contributed by atoms with Gasteiger partial charge in [-0.3, -0.25) is 4.79 Å². The van der Waals surface area contributed by atoms with Crippen molar-refractivity contribution in [3.05, 3.63) is 89.5 Å². The van der Waals surface area contributed by atoms with Crippen LogP contribution < -0.4 is 14.8 Å². The molecular formula is C26H29O3P. The van der Waals surface area contributed by atoms with E-state index in [4.69, 9.17) is 9.47 Å². The maximum atomic E-state index is 11.6. The molecule has 0 bridgehead atoms. The van der Waals surface area contributed by atoms with Gasteiger partial charge in [0.15, 0.2) is 6.29 Å². The van der Waals surface area contributed by atoms with Gasteiger partial charge in [0.05, 0.1) is 7.11 Å². The predicted octanol–water partition coefficient (Wildman–Crippen LogP) is 6.11. The largest absolute Gasteiger partial charge is 0.497 e. The summed E-state index contributed by atoms with van der Waals surface area (Å²) in [4.78, 5) is 11.6. The lowest BCUT2D eigenvalue weighted by Crippen LogP contribution is -2.22. The molecule has 0 heterocycles. The highest BCUT2D eigenvalue weighted by Crippen LogP contribution is 2.49. The van der Waals surface area contributed by atoms with Crippen molar-refractivity contribution in [3.63, 3.8) is 0 Å². The van der Waals surface area contributed by atoms with Crippen LogP contribution in [0.1, 0.15) is 48.2 Å². The molecule has 0 fully saturated rings. The van der Waals surface area contributed by atoms with E-state index in [1.807, 2.05) is 48.5 Å². The maximum Gasteiger partial charge on any atom is 0.150 e. The van der Waals surface area contributed by atoms with Gasteiger partial charge < -0.3 is 9.47 Å². The number of hydrogen-bond donors (Lipinski definition) is 0. The summed E-state index contributed by atoms with van der Waals surface area (Å²) in [6.07, 6.45) is 2.96. The van der Waals surface area contributed by atoms with E-state index in [9.17, 15) is 4.79 Å². The van der Waals surface area contributed by atoms with E-state index in [2.05, 4.69) is 38.1 Å². The minimum Gasteiger partial charge on any atom is -0.497 e. The lowest BCUT2D eigenvalue weighted by molar-refractivity contribution is 0.112. The average Bonchev–Trinajstić information content (AvgIpc) is 2.78. The number of carbonyl (C=O) groups excluding carboxylic acids is 1. The Balaban J connectivity index is 1.99. The third-order valence-corrected chi connectivity index (χ3v) is 7.06. The lowest BCUT2D eigenvalue weighted by Gasteiger charge is -2.32. The quantitative estimate of drug-likeness (QED) is 0.293. The van der Waals surface area contributed by atoms with Crippen molar-refractivity contribution in [2.45, 2.75) is 38.5 Å². The highest BCUT2D eigenvalue weighted by atomic mass is 31.1. The van der Waals surface area contributed by atoms with Gasteiger partial charge in [-0.1, -0.05) is 83.4 Å². The molecule has 0 aliphatic carbocycles. The van der Waals surface area contributed by atoms with Crippen LogP contribution in [0.25, 0.3) is 0 Å². The van der Waals surface area contributed by atoms with Crippen LogP contribution in [0.2, 0.25) is 0 Å². The van der Waals surface area contributed by atoms with Gasteiger partial charge in [-0.25, -0.2) is 0 Å². The molecular weight excluding hydrogens is 391 g/mol.